The summed E-state index contributed by atoms with van der Waals surface area (Å²) in [5, 5.41) is 0. The molecule has 1 rings (SSSR count). The predicted octanol–water partition coefficient (Wildman–Crippen LogP) is 3.11. The number of nitrogens with two attached hydrogens (primary N) is 2. The van der Waals surface area contributed by atoms with Crippen LogP contribution in [0.5, 0.6) is 5.75 Å². The molecular weight excluding hydrogens is 248 g/mol. The highest BCUT2D eigenvalue weighted by atomic mass is 16.5. The van der Waals surface area contributed by atoms with Crippen molar-refractivity contribution in [3.05, 3.63) is 29.8 Å². The summed E-state index contributed by atoms with van der Waals surface area (Å²) in [6.07, 6.45) is 5.73. The zero-order valence-corrected chi connectivity index (χ0v) is 13.0. The Morgan fingerprint density at radius 1 is 1.15 bits per heavy atom. The molecule has 0 heterocycles. The fraction of sp³-hybridized carbons (Fsp3) is 0.647. The second-order valence-electron chi connectivity index (χ2n) is 5.60. The molecule has 0 aliphatic heterocycles. The summed E-state index contributed by atoms with van der Waals surface area (Å²) in [4.78, 5) is 0. The molecule has 0 bridgehead atoms. The van der Waals surface area contributed by atoms with Crippen molar-refractivity contribution in [3.8, 4) is 5.75 Å². The van der Waals surface area contributed by atoms with Crippen LogP contribution in [0.25, 0.3) is 0 Å². The number of hydrogen-bond acceptors (Lipinski definition) is 3. The van der Waals surface area contributed by atoms with E-state index in [1.807, 2.05) is 12.1 Å². The molecule has 0 radical (unpaired) electrons. The van der Waals surface area contributed by atoms with Gasteiger partial charge in [-0.05, 0) is 42.9 Å². The highest BCUT2D eigenvalue weighted by Gasteiger charge is 2.08. The lowest BCUT2D eigenvalue weighted by Gasteiger charge is -2.17. The van der Waals surface area contributed by atoms with Gasteiger partial charge in [-0.25, -0.2) is 0 Å². The van der Waals surface area contributed by atoms with Crippen molar-refractivity contribution in [2.75, 3.05) is 13.2 Å². The van der Waals surface area contributed by atoms with Gasteiger partial charge in [0.2, 0.25) is 0 Å². The standard InChI is InChI=1S/C17H30N2O/c1-3-6-14(7-4-2)13-20-17-9-5-8-15(11-17)10-16(19)12-18/h5,8-9,11,14,16H,3-4,6-7,10,12-13,18-19H2,1-2H3/t16-/m0/s1. The molecule has 0 amide bonds. The molecule has 1 atom stereocenters. The highest BCUT2D eigenvalue weighted by Crippen LogP contribution is 2.19. The SMILES string of the molecule is CCCC(CCC)COc1cccc(C[C@H](N)CN)c1. The molecule has 0 saturated heterocycles. The summed E-state index contributed by atoms with van der Waals surface area (Å²) in [5.41, 5.74) is 12.7. The third-order valence-electron chi connectivity index (χ3n) is 3.58. The molecule has 1 aromatic rings. The van der Waals surface area contributed by atoms with Gasteiger partial charge >= 0.3 is 0 Å². The molecule has 0 spiro atoms. The van der Waals surface area contributed by atoms with Crippen LogP contribution in [0.15, 0.2) is 24.3 Å². The molecule has 3 heteroatoms. The van der Waals surface area contributed by atoms with Crippen LogP contribution < -0.4 is 16.2 Å². The fourth-order valence-electron chi connectivity index (χ4n) is 2.49. The number of hydrogen-bond donors (Lipinski definition) is 2. The molecule has 4 N–H and O–H groups in total. The van der Waals surface area contributed by atoms with Crippen LogP contribution in [0.3, 0.4) is 0 Å². The maximum Gasteiger partial charge on any atom is 0.119 e. The lowest BCUT2D eigenvalue weighted by atomic mass is 9.99. The van der Waals surface area contributed by atoms with Crippen molar-refractivity contribution >= 4 is 0 Å². The Morgan fingerprint density at radius 2 is 1.85 bits per heavy atom. The summed E-state index contributed by atoms with van der Waals surface area (Å²) in [6.45, 7) is 5.79. The second kappa shape index (κ2) is 9.78. The van der Waals surface area contributed by atoms with Gasteiger partial charge in [-0.3, -0.25) is 0 Å². The first-order valence-electron chi connectivity index (χ1n) is 7.86. The Morgan fingerprint density at radius 3 is 2.45 bits per heavy atom. The summed E-state index contributed by atoms with van der Waals surface area (Å²) in [7, 11) is 0. The van der Waals surface area contributed by atoms with E-state index in [0.717, 1.165) is 18.8 Å². The van der Waals surface area contributed by atoms with E-state index in [1.54, 1.807) is 0 Å². The molecule has 0 saturated carbocycles. The zero-order valence-electron chi connectivity index (χ0n) is 13.0. The molecule has 114 valence electrons. The Balaban J connectivity index is 2.52. The fourth-order valence-corrected chi connectivity index (χ4v) is 2.49. The van der Waals surface area contributed by atoms with E-state index in [0.29, 0.717) is 12.5 Å². The summed E-state index contributed by atoms with van der Waals surface area (Å²) < 4.78 is 5.96. The van der Waals surface area contributed by atoms with Crippen LogP contribution in [0, 0.1) is 5.92 Å². The lowest BCUT2D eigenvalue weighted by Crippen LogP contribution is -2.31. The number of rotatable bonds is 10. The average molecular weight is 278 g/mol. The van der Waals surface area contributed by atoms with E-state index in [9.17, 15) is 0 Å². The Labute approximate surface area is 123 Å². The van der Waals surface area contributed by atoms with E-state index in [1.165, 1.54) is 31.2 Å². The van der Waals surface area contributed by atoms with Crippen molar-refractivity contribution in [1.29, 1.82) is 0 Å². The van der Waals surface area contributed by atoms with Crippen LogP contribution in [0.4, 0.5) is 0 Å². The zero-order chi connectivity index (χ0) is 14.8. The number of benzene rings is 1. The first-order valence-corrected chi connectivity index (χ1v) is 7.86. The quantitative estimate of drug-likeness (QED) is 0.691. The molecule has 0 aliphatic carbocycles. The van der Waals surface area contributed by atoms with Gasteiger partial charge in [0.15, 0.2) is 0 Å². The highest BCUT2D eigenvalue weighted by molar-refractivity contribution is 5.29. The van der Waals surface area contributed by atoms with E-state index in [4.69, 9.17) is 16.2 Å². The monoisotopic (exact) mass is 278 g/mol. The van der Waals surface area contributed by atoms with E-state index < -0.39 is 0 Å². The lowest BCUT2D eigenvalue weighted by molar-refractivity contribution is 0.229. The van der Waals surface area contributed by atoms with Gasteiger partial charge in [-0.2, -0.15) is 0 Å². The molecule has 20 heavy (non-hydrogen) atoms. The second-order valence-corrected chi connectivity index (χ2v) is 5.60. The van der Waals surface area contributed by atoms with E-state index in [2.05, 4.69) is 26.0 Å². The molecule has 0 aromatic heterocycles. The van der Waals surface area contributed by atoms with Gasteiger partial charge in [0.1, 0.15) is 5.75 Å². The smallest absolute Gasteiger partial charge is 0.119 e. The van der Waals surface area contributed by atoms with Gasteiger partial charge in [0.05, 0.1) is 6.61 Å². The molecule has 1 aromatic carbocycles. The maximum absolute atomic E-state index is 5.96. The third kappa shape index (κ3) is 6.40. The van der Waals surface area contributed by atoms with Gasteiger partial charge < -0.3 is 16.2 Å². The molecule has 3 nitrogen and oxygen atoms in total. The topological polar surface area (TPSA) is 61.3 Å². The van der Waals surface area contributed by atoms with Crippen LogP contribution in [-0.2, 0) is 6.42 Å². The van der Waals surface area contributed by atoms with Crippen LogP contribution in [-0.4, -0.2) is 19.2 Å². The Bertz CT molecular complexity index is 362. The van der Waals surface area contributed by atoms with Crippen molar-refractivity contribution in [3.63, 3.8) is 0 Å². The van der Waals surface area contributed by atoms with E-state index in [-0.39, 0.29) is 6.04 Å². The van der Waals surface area contributed by atoms with E-state index >= 15 is 0 Å². The Kier molecular flexibility index (Phi) is 8.31. The van der Waals surface area contributed by atoms with Crippen molar-refractivity contribution in [2.45, 2.75) is 52.0 Å². The summed E-state index contributed by atoms with van der Waals surface area (Å²) in [5.74, 6) is 1.61. The van der Waals surface area contributed by atoms with Crippen molar-refractivity contribution in [2.24, 2.45) is 17.4 Å². The maximum atomic E-state index is 5.96. The summed E-state index contributed by atoms with van der Waals surface area (Å²) in [6, 6.07) is 8.25. The van der Waals surface area contributed by atoms with Gasteiger partial charge in [0, 0.05) is 12.6 Å². The predicted molar refractivity (Wildman–Crippen MR) is 86.0 cm³/mol. The van der Waals surface area contributed by atoms with Gasteiger partial charge in [0.25, 0.3) is 0 Å². The van der Waals surface area contributed by atoms with Crippen LogP contribution >= 0.6 is 0 Å². The minimum absolute atomic E-state index is 0.0261. The third-order valence-corrected chi connectivity index (χ3v) is 3.58. The van der Waals surface area contributed by atoms with Crippen molar-refractivity contribution in [1.82, 2.24) is 0 Å². The number of ether oxygens (including phenoxy) is 1. The largest absolute Gasteiger partial charge is 0.493 e. The minimum Gasteiger partial charge on any atom is -0.493 e. The first kappa shape index (κ1) is 17.0. The molecule has 0 fully saturated rings. The Hall–Kier alpha value is -1.06. The molecular formula is C17H30N2O. The van der Waals surface area contributed by atoms with Gasteiger partial charge in [-0.1, -0.05) is 38.8 Å². The minimum atomic E-state index is 0.0261. The first-order chi connectivity index (χ1) is 9.69. The average Bonchev–Trinajstić information content (AvgIpc) is 2.45. The molecule has 0 aliphatic rings. The van der Waals surface area contributed by atoms with Crippen molar-refractivity contribution < 1.29 is 4.74 Å². The molecule has 0 unspecified atom stereocenters. The normalized spacial score (nSPS) is 12.7. The summed E-state index contributed by atoms with van der Waals surface area (Å²) >= 11 is 0. The van der Waals surface area contributed by atoms with Gasteiger partial charge in [-0.15, -0.1) is 0 Å². The van der Waals surface area contributed by atoms with Crippen LogP contribution in [0.1, 0.15) is 45.1 Å². The van der Waals surface area contributed by atoms with Crippen LogP contribution in [0.2, 0.25) is 0 Å².